The number of sulfonamides is 1. The molecule has 20 heavy (non-hydrogen) atoms. The minimum atomic E-state index is -3.46. The largest absolute Gasteiger partial charge is 0.377 e. The lowest BCUT2D eigenvalue weighted by molar-refractivity contribution is 0.102. The maximum atomic E-state index is 12.6. The van der Waals surface area contributed by atoms with Gasteiger partial charge in [-0.1, -0.05) is 12.1 Å². The fraction of sp³-hybridized carbons (Fsp3) is 0.571. The van der Waals surface area contributed by atoms with Crippen molar-refractivity contribution in [3.63, 3.8) is 0 Å². The van der Waals surface area contributed by atoms with E-state index in [1.807, 2.05) is 19.1 Å². The Balaban J connectivity index is 2.20. The Morgan fingerprint density at radius 3 is 2.50 bits per heavy atom. The summed E-state index contributed by atoms with van der Waals surface area (Å²) in [6.45, 7) is 3.08. The van der Waals surface area contributed by atoms with Gasteiger partial charge in [0.25, 0.3) is 0 Å². The van der Waals surface area contributed by atoms with Crippen molar-refractivity contribution in [1.82, 2.24) is 4.31 Å². The molecule has 2 unspecified atom stereocenters. The number of rotatable bonds is 5. The Labute approximate surface area is 120 Å². The highest BCUT2D eigenvalue weighted by atomic mass is 32.2. The second-order valence-corrected chi connectivity index (χ2v) is 7.13. The van der Waals surface area contributed by atoms with Crippen LogP contribution < -0.4 is 5.73 Å². The van der Waals surface area contributed by atoms with E-state index in [-0.39, 0.29) is 12.1 Å². The SMILES string of the molecule is CC1OCCC1N(C)S(=O)(=O)c1ccc(CCN)cc1. The molecule has 0 bridgehead atoms. The van der Waals surface area contributed by atoms with Crippen LogP contribution >= 0.6 is 0 Å². The van der Waals surface area contributed by atoms with Gasteiger partial charge in [-0.2, -0.15) is 4.31 Å². The topological polar surface area (TPSA) is 72.6 Å². The highest BCUT2D eigenvalue weighted by Crippen LogP contribution is 2.24. The van der Waals surface area contributed by atoms with Crippen LogP contribution in [0.4, 0.5) is 0 Å². The third-order valence-electron chi connectivity index (χ3n) is 3.84. The van der Waals surface area contributed by atoms with Crippen LogP contribution in [0.15, 0.2) is 29.2 Å². The van der Waals surface area contributed by atoms with Gasteiger partial charge in [-0.15, -0.1) is 0 Å². The second-order valence-electron chi connectivity index (χ2n) is 5.14. The van der Waals surface area contributed by atoms with Gasteiger partial charge in [-0.25, -0.2) is 8.42 Å². The molecule has 1 aromatic carbocycles. The third kappa shape index (κ3) is 3.03. The van der Waals surface area contributed by atoms with Crippen LogP contribution in [-0.2, 0) is 21.2 Å². The summed E-state index contributed by atoms with van der Waals surface area (Å²) in [5, 5.41) is 0. The lowest BCUT2D eigenvalue weighted by Crippen LogP contribution is -2.40. The van der Waals surface area contributed by atoms with E-state index in [9.17, 15) is 8.42 Å². The lowest BCUT2D eigenvalue weighted by Gasteiger charge is -2.26. The van der Waals surface area contributed by atoms with E-state index in [1.54, 1.807) is 19.2 Å². The molecule has 1 fully saturated rings. The molecule has 6 heteroatoms. The number of hydrogen-bond donors (Lipinski definition) is 1. The first-order valence-corrected chi connectivity index (χ1v) is 8.29. The predicted octanol–water partition coefficient (Wildman–Crippen LogP) is 0.986. The summed E-state index contributed by atoms with van der Waals surface area (Å²) in [5.74, 6) is 0. The summed E-state index contributed by atoms with van der Waals surface area (Å²) in [4.78, 5) is 0.319. The molecule has 0 aliphatic carbocycles. The Kier molecular flexibility index (Phi) is 4.80. The highest BCUT2D eigenvalue weighted by Gasteiger charge is 2.35. The summed E-state index contributed by atoms with van der Waals surface area (Å²) >= 11 is 0. The molecule has 1 aliphatic heterocycles. The van der Waals surface area contributed by atoms with Crippen molar-refractivity contribution >= 4 is 10.0 Å². The standard InChI is InChI=1S/C14H22N2O3S/c1-11-14(8-10-19-11)16(2)20(17,18)13-5-3-12(4-6-13)7-9-15/h3-6,11,14H,7-10,15H2,1-2H3. The van der Waals surface area contributed by atoms with E-state index in [0.717, 1.165) is 18.4 Å². The van der Waals surface area contributed by atoms with Crippen molar-refractivity contribution in [3.05, 3.63) is 29.8 Å². The normalized spacial score (nSPS) is 23.4. The molecule has 0 radical (unpaired) electrons. The van der Waals surface area contributed by atoms with Gasteiger partial charge >= 0.3 is 0 Å². The molecule has 1 heterocycles. The number of benzene rings is 1. The summed E-state index contributed by atoms with van der Waals surface area (Å²) in [5.41, 5.74) is 6.54. The minimum absolute atomic E-state index is 0.0636. The maximum absolute atomic E-state index is 12.6. The average Bonchev–Trinajstić information content (AvgIpc) is 2.85. The van der Waals surface area contributed by atoms with E-state index in [1.165, 1.54) is 4.31 Å². The number of likely N-dealkylation sites (N-methyl/N-ethyl adjacent to an activating group) is 1. The summed E-state index contributed by atoms with van der Waals surface area (Å²) in [6.07, 6.45) is 1.43. The van der Waals surface area contributed by atoms with Crippen molar-refractivity contribution in [3.8, 4) is 0 Å². The molecule has 1 saturated heterocycles. The van der Waals surface area contributed by atoms with Crippen LogP contribution in [0.2, 0.25) is 0 Å². The van der Waals surface area contributed by atoms with Gasteiger partial charge in [0.1, 0.15) is 0 Å². The molecular weight excluding hydrogens is 276 g/mol. The molecule has 0 spiro atoms. The van der Waals surface area contributed by atoms with Gasteiger partial charge in [0.05, 0.1) is 17.0 Å². The molecule has 1 aromatic rings. The molecule has 2 atom stereocenters. The Hall–Kier alpha value is -0.950. The number of ether oxygens (including phenoxy) is 1. The molecule has 2 rings (SSSR count). The van der Waals surface area contributed by atoms with E-state index in [0.29, 0.717) is 18.0 Å². The van der Waals surface area contributed by atoms with Gasteiger partial charge in [-0.05, 0) is 44.0 Å². The van der Waals surface area contributed by atoms with Crippen LogP contribution in [0.1, 0.15) is 18.9 Å². The molecule has 0 aromatic heterocycles. The van der Waals surface area contributed by atoms with Crippen molar-refractivity contribution in [2.75, 3.05) is 20.2 Å². The fourth-order valence-electron chi connectivity index (χ4n) is 2.54. The fourth-order valence-corrected chi connectivity index (χ4v) is 3.98. The van der Waals surface area contributed by atoms with Crippen molar-refractivity contribution < 1.29 is 13.2 Å². The van der Waals surface area contributed by atoms with Crippen LogP contribution in [0, 0.1) is 0 Å². The monoisotopic (exact) mass is 298 g/mol. The van der Waals surface area contributed by atoms with Gasteiger partial charge < -0.3 is 10.5 Å². The number of nitrogens with zero attached hydrogens (tertiary/aromatic N) is 1. The molecule has 2 N–H and O–H groups in total. The smallest absolute Gasteiger partial charge is 0.243 e. The van der Waals surface area contributed by atoms with Gasteiger partial charge in [0, 0.05) is 13.7 Å². The van der Waals surface area contributed by atoms with E-state index in [4.69, 9.17) is 10.5 Å². The molecule has 112 valence electrons. The van der Waals surface area contributed by atoms with Crippen molar-refractivity contribution in [1.29, 1.82) is 0 Å². The van der Waals surface area contributed by atoms with Gasteiger partial charge in [-0.3, -0.25) is 0 Å². The zero-order chi connectivity index (χ0) is 14.8. The Morgan fingerprint density at radius 2 is 2.00 bits per heavy atom. The first kappa shape index (κ1) is 15.4. The van der Waals surface area contributed by atoms with Crippen LogP contribution in [0.25, 0.3) is 0 Å². The predicted molar refractivity (Wildman–Crippen MR) is 78.0 cm³/mol. The maximum Gasteiger partial charge on any atom is 0.243 e. The molecule has 5 nitrogen and oxygen atoms in total. The lowest BCUT2D eigenvalue weighted by atomic mass is 10.2. The van der Waals surface area contributed by atoms with Crippen LogP contribution in [0.5, 0.6) is 0 Å². The van der Waals surface area contributed by atoms with Gasteiger partial charge in [0.2, 0.25) is 10.0 Å². The first-order chi connectivity index (χ1) is 9.46. The van der Waals surface area contributed by atoms with E-state index in [2.05, 4.69) is 0 Å². The molecule has 1 aliphatic rings. The minimum Gasteiger partial charge on any atom is -0.377 e. The molecule has 0 amide bonds. The quantitative estimate of drug-likeness (QED) is 0.879. The Bertz CT molecular complexity index is 542. The van der Waals surface area contributed by atoms with Crippen LogP contribution in [0.3, 0.4) is 0 Å². The van der Waals surface area contributed by atoms with Gasteiger partial charge in [0.15, 0.2) is 0 Å². The first-order valence-electron chi connectivity index (χ1n) is 6.85. The highest BCUT2D eigenvalue weighted by molar-refractivity contribution is 7.89. The summed E-state index contributed by atoms with van der Waals surface area (Å²) < 4.78 is 32.0. The zero-order valence-electron chi connectivity index (χ0n) is 12.0. The molecular formula is C14H22N2O3S. The summed E-state index contributed by atoms with van der Waals surface area (Å²) in [7, 11) is -1.84. The Morgan fingerprint density at radius 1 is 1.35 bits per heavy atom. The van der Waals surface area contributed by atoms with E-state index < -0.39 is 10.0 Å². The molecule has 0 saturated carbocycles. The van der Waals surface area contributed by atoms with Crippen molar-refractivity contribution in [2.45, 2.75) is 36.8 Å². The average molecular weight is 298 g/mol. The zero-order valence-corrected chi connectivity index (χ0v) is 12.8. The van der Waals surface area contributed by atoms with E-state index >= 15 is 0 Å². The second kappa shape index (κ2) is 6.22. The van der Waals surface area contributed by atoms with Crippen LogP contribution in [-0.4, -0.2) is 45.1 Å². The number of hydrogen-bond acceptors (Lipinski definition) is 4. The third-order valence-corrected chi connectivity index (χ3v) is 5.73. The summed E-state index contributed by atoms with van der Waals surface area (Å²) in [6, 6.07) is 6.85. The van der Waals surface area contributed by atoms with Crippen molar-refractivity contribution in [2.24, 2.45) is 5.73 Å². The number of nitrogens with two attached hydrogens (primary N) is 1.